The van der Waals surface area contributed by atoms with E-state index in [4.69, 9.17) is 0 Å². The molecule has 8 nitrogen and oxygen atoms in total. The quantitative estimate of drug-likeness (QED) is 0.190. The summed E-state index contributed by atoms with van der Waals surface area (Å²) in [6.07, 6.45) is 14.1. The summed E-state index contributed by atoms with van der Waals surface area (Å²) in [7, 11) is 0. The molecule has 0 N–H and O–H groups in total. The van der Waals surface area contributed by atoms with Crippen molar-refractivity contribution < 1.29 is 65.8 Å². The molecule has 0 rings (SSSR count). The van der Waals surface area contributed by atoms with Gasteiger partial charge < -0.3 is 39.6 Å². The Morgan fingerprint density at radius 1 is 0.390 bits per heavy atom. The van der Waals surface area contributed by atoms with Gasteiger partial charge in [-0.05, 0) is 75.0 Å². The third-order valence-corrected chi connectivity index (χ3v) is 6.93. The molecule has 0 amide bonds. The Morgan fingerprint density at radius 3 is 0.610 bits per heavy atom. The van der Waals surface area contributed by atoms with Crippen LogP contribution in [0.25, 0.3) is 0 Å². The normalized spacial score (nSPS) is 12.7. The predicted octanol–water partition coefficient (Wildman–Crippen LogP) is 3.81. The Hall–Kier alpha value is -1.24. The molecule has 0 aliphatic carbocycles. The van der Waals surface area contributed by atoms with E-state index >= 15 is 0 Å². The minimum absolute atomic E-state index is 0. The van der Waals surface area contributed by atoms with Crippen LogP contribution in [0.15, 0.2) is 0 Å². The Balaban J connectivity index is -0.000000139. The van der Waals surface area contributed by atoms with Gasteiger partial charge in [0.1, 0.15) is 0 Å². The molecule has 0 spiro atoms. The van der Waals surface area contributed by atoms with Crippen molar-refractivity contribution in [2.45, 2.75) is 158 Å². The van der Waals surface area contributed by atoms with Crippen molar-refractivity contribution in [1.82, 2.24) is 0 Å². The molecule has 0 fully saturated rings. The molecule has 0 saturated heterocycles. The van der Waals surface area contributed by atoms with Crippen LogP contribution in [0.1, 0.15) is 158 Å². The molecule has 0 aromatic carbocycles. The number of unbranched alkanes of at least 4 members (excludes halogenated alkanes) is 4. The fraction of sp³-hybridized carbons (Fsp3) is 0.875. The summed E-state index contributed by atoms with van der Waals surface area (Å²) in [5.74, 6) is -4.46. The molecule has 0 aromatic heterocycles. The molecule has 0 radical (unpaired) electrons. The minimum atomic E-state index is -0.893. The van der Waals surface area contributed by atoms with Crippen LogP contribution in [0.4, 0.5) is 0 Å². The Labute approximate surface area is 270 Å². The molecular formula is C32H60O8Zr-4. The molecule has 0 aliphatic rings. The number of carboxylic acids is 4. The maximum absolute atomic E-state index is 10.3. The van der Waals surface area contributed by atoms with Crippen LogP contribution in [0.3, 0.4) is 0 Å². The molecule has 4 unspecified atom stereocenters. The predicted molar refractivity (Wildman–Crippen MR) is 153 cm³/mol. The molecule has 0 aromatic rings. The molecule has 244 valence electrons. The molecule has 41 heavy (non-hydrogen) atoms. The van der Waals surface area contributed by atoms with E-state index in [0.29, 0.717) is 25.7 Å². The molecule has 0 bridgehead atoms. The summed E-state index contributed by atoms with van der Waals surface area (Å²) in [5.41, 5.74) is 0. The number of carbonyl (C=O) groups is 4. The monoisotopic (exact) mass is 662 g/mol. The maximum atomic E-state index is 10.3. The Bertz CT molecular complexity index is 509. The van der Waals surface area contributed by atoms with E-state index < -0.39 is 23.9 Å². The van der Waals surface area contributed by atoms with Gasteiger partial charge in [0, 0.05) is 50.1 Å². The van der Waals surface area contributed by atoms with Crippen molar-refractivity contribution >= 4 is 23.9 Å². The van der Waals surface area contributed by atoms with Crippen LogP contribution < -0.4 is 20.4 Å². The number of carboxylic acid groups (broad SMARTS) is 4. The fourth-order valence-corrected chi connectivity index (χ4v) is 3.76. The summed E-state index contributed by atoms with van der Waals surface area (Å²) in [4.78, 5) is 41.3. The summed E-state index contributed by atoms with van der Waals surface area (Å²) >= 11 is 0. The second kappa shape index (κ2) is 36.8. The number of carbonyl (C=O) groups excluding carboxylic acids is 4. The molecule has 0 heterocycles. The van der Waals surface area contributed by atoms with Crippen LogP contribution in [-0.4, -0.2) is 23.9 Å². The summed E-state index contributed by atoms with van der Waals surface area (Å²) in [6, 6.07) is 0. The van der Waals surface area contributed by atoms with Crippen LogP contribution in [-0.2, 0) is 45.4 Å². The van der Waals surface area contributed by atoms with Crippen molar-refractivity contribution in [3.8, 4) is 0 Å². The van der Waals surface area contributed by atoms with E-state index in [1.165, 1.54) is 0 Å². The second-order valence-corrected chi connectivity index (χ2v) is 10.3. The van der Waals surface area contributed by atoms with Gasteiger partial charge in [0.05, 0.1) is 0 Å². The Morgan fingerprint density at radius 2 is 0.537 bits per heavy atom. The molecule has 0 aliphatic heterocycles. The average molecular weight is 664 g/mol. The van der Waals surface area contributed by atoms with Gasteiger partial charge in [0.2, 0.25) is 0 Å². The topological polar surface area (TPSA) is 161 Å². The van der Waals surface area contributed by atoms with E-state index in [1.54, 1.807) is 0 Å². The Kier molecular flexibility index (Phi) is 44.4. The first-order valence-corrected chi connectivity index (χ1v) is 15.7. The average Bonchev–Trinajstić information content (AvgIpc) is 2.91. The van der Waals surface area contributed by atoms with E-state index in [2.05, 4.69) is 27.7 Å². The molecule has 4 atom stereocenters. The summed E-state index contributed by atoms with van der Waals surface area (Å²) < 4.78 is 0. The molecule has 0 saturated carbocycles. The van der Waals surface area contributed by atoms with Crippen LogP contribution in [0, 0.1) is 23.7 Å². The van der Waals surface area contributed by atoms with Gasteiger partial charge >= 0.3 is 0 Å². The largest absolute Gasteiger partial charge is 0.550 e. The van der Waals surface area contributed by atoms with Gasteiger partial charge in [0.25, 0.3) is 0 Å². The first kappa shape index (κ1) is 49.4. The summed E-state index contributed by atoms with van der Waals surface area (Å²) in [5, 5.41) is 41.3. The van der Waals surface area contributed by atoms with Crippen LogP contribution in [0.5, 0.6) is 0 Å². The zero-order valence-corrected chi connectivity index (χ0v) is 29.8. The van der Waals surface area contributed by atoms with E-state index in [9.17, 15) is 39.6 Å². The first-order chi connectivity index (χ1) is 18.9. The second-order valence-electron chi connectivity index (χ2n) is 10.3. The van der Waals surface area contributed by atoms with E-state index in [0.717, 1.165) is 77.0 Å². The van der Waals surface area contributed by atoms with E-state index in [1.807, 2.05) is 27.7 Å². The number of hydrogen-bond acceptors (Lipinski definition) is 8. The van der Waals surface area contributed by atoms with Gasteiger partial charge in [-0.25, -0.2) is 0 Å². The SMILES string of the molecule is CCCCC(CC)C(=O)[O-].CCCCC(CC)C(=O)[O-].CCCCC(CC)C(=O)[O-].CCCCC(CC)C(=O)[O-].[Zr]. The zero-order valence-electron chi connectivity index (χ0n) is 27.4. The van der Waals surface area contributed by atoms with Crippen molar-refractivity contribution in [2.75, 3.05) is 0 Å². The molecule has 9 heteroatoms. The van der Waals surface area contributed by atoms with Gasteiger partial charge in [-0.1, -0.05) is 107 Å². The molecular weight excluding hydrogens is 604 g/mol. The third kappa shape index (κ3) is 34.9. The first-order valence-electron chi connectivity index (χ1n) is 15.7. The van der Waals surface area contributed by atoms with Crippen molar-refractivity contribution in [3.63, 3.8) is 0 Å². The van der Waals surface area contributed by atoms with Crippen LogP contribution in [0.2, 0.25) is 0 Å². The van der Waals surface area contributed by atoms with Crippen molar-refractivity contribution in [1.29, 1.82) is 0 Å². The van der Waals surface area contributed by atoms with Gasteiger partial charge in [-0.15, -0.1) is 0 Å². The van der Waals surface area contributed by atoms with Gasteiger partial charge in [0.15, 0.2) is 0 Å². The minimum Gasteiger partial charge on any atom is -0.550 e. The number of rotatable bonds is 20. The fourth-order valence-electron chi connectivity index (χ4n) is 3.76. The van der Waals surface area contributed by atoms with E-state index in [-0.39, 0.29) is 49.9 Å². The van der Waals surface area contributed by atoms with Crippen LogP contribution >= 0.6 is 0 Å². The smallest absolute Gasteiger partial charge is 0.0445 e. The zero-order chi connectivity index (χ0) is 31.9. The third-order valence-electron chi connectivity index (χ3n) is 6.93. The standard InChI is InChI=1S/4C8H16O2.Zr/c4*1-3-5-6-7(4-2)8(9)10;/h4*7H,3-6H2,1-2H3,(H,9,10);/p-4. The van der Waals surface area contributed by atoms with Gasteiger partial charge in [-0.2, -0.15) is 0 Å². The number of hydrogen-bond donors (Lipinski definition) is 0. The van der Waals surface area contributed by atoms with Crippen molar-refractivity contribution in [3.05, 3.63) is 0 Å². The number of aliphatic carboxylic acids is 4. The summed E-state index contributed by atoms with van der Waals surface area (Å²) in [6.45, 7) is 15.8. The van der Waals surface area contributed by atoms with Gasteiger partial charge in [-0.3, -0.25) is 0 Å². The maximum Gasteiger partial charge on any atom is 0.0445 e. The van der Waals surface area contributed by atoms with Crippen molar-refractivity contribution in [2.24, 2.45) is 23.7 Å².